The van der Waals surface area contributed by atoms with Crippen LogP contribution in [-0.2, 0) is 4.79 Å². The van der Waals surface area contributed by atoms with Crippen LogP contribution in [0.1, 0.15) is 19.8 Å². The van der Waals surface area contributed by atoms with Crippen LogP contribution < -0.4 is 16.4 Å². The summed E-state index contributed by atoms with van der Waals surface area (Å²) in [7, 11) is 0. The van der Waals surface area contributed by atoms with E-state index in [1.807, 2.05) is 4.90 Å². The molecule has 5 nitrogen and oxygen atoms in total. The van der Waals surface area contributed by atoms with Gasteiger partial charge in [-0.1, -0.05) is 11.6 Å². The van der Waals surface area contributed by atoms with E-state index in [0.717, 1.165) is 12.8 Å². The number of anilines is 2. The van der Waals surface area contributed by atoms with Crippen LogP contribution in [0.3, 0.4) is 0 Å². The van der Waals surface area contributed by atoms with Crippen molar-refractivity contribution in [3.05, 3.63) is 17.3 Å². The molecule has 2 atom stereocenters. The van der Waals surface area contributed by atoms with Gasteiger partial charge in [-0.05, 0) is 31.9 Å². The Balaban J connectivity index is 2.29. The van der Waals surface area contributed by atoms with Crippen molar-refractivity contribution in [2.75, 3.05) is 17.2 Å². The lowest BCUT2D eigenvalue weighted by atomic mass is 9.93. The highest BCUT2D eigenvalue weighted by Crippen LogP contribution is 2.30. The SMILES string of the molecule is CC1CCC(C(N)=O)CN1c1nc(Cl)ccc1N. The van der Waals surface area contributed by atoms with Gasteiger partial charge in [0.25, 0.3) is 0 Å². The Bertz CT molecular complexity index is 465. The Labute approximate surface area is 111 Å². The smallest absolute Gasteiger partial charge is 0.222 e. The number of aromatic nitrogens is 1. The number of rotatable bonds is 2. The number of piperidine rings is 1. The van der Waals surface area contributed by atoms with Crippen LogP contribution in [0.15, 0.2) is 12.1 Å². The zero-order valence-electron chi connectivity index (χ0n) is 10.3. The molecule has 1 saturated heterocycles. The molecule has 6 heteroatoms. The molecule has 2 heterocycles. The third-order valence-corrected chi connectivity index (χ3v) is 3.64. The first-order valence-corrected chi connectivity index (χ1v) is 6.35. The molecule has 1 aliphatic rings. The Hall–Kier alpha value is -1.49. The van der Waals surface area contributed by atoms with Gasteiger partial charge in [0, 0.05) is 12.6 Å². The summed E-state index contributed by atoms with van der Waals surface area (Å²) in [5, 5.41) is 0.396. The maximum absolute atomic E-state index is 11.3. The fourth-order valence-corrected chi connectivity index (χ4v) is 2.44. The third kappa shape index (κ3) is 2.51. The normalized spacial score (nSPS) is 24.0. The molecule has 1 aromatic rings. The predicted molar refractivity (Wildman–Crippen MR) is 72.4 cm³/mol. The summed E-state index contributed by atoms with van der Waals surface area (Å²) in [5.74, 6) is 0.217. The Kier molecular flexibility index (Phi) is 3.61. The number of nitrogens with two attached hydrogens (primary N) is 2. The van der Waals surface area contributed by atoms with E-state index in [0.29, 0.717) is 23.2 Å². The number of primary amides is 1. The van der Waals surface area contributed by atoms with Crippen LogP contribution in [0.5, 0.6) is 0 Å². The minimum absolute atomic E-state index is 0.151. The van der Waals surface area contributed by atoms with Crippen LogP contribution in [0.25, 0.3) is 0 Å². The molecule has 0 saturated carbocycles. The number of halogens is 1. The summed E-state index contributed by atoms with van der Waals surface area (Å²) in [5.41, 5.74) is 11.9. The molecule has 4 N–H and O–H groups in total. The topological polar surface area (TPSA) is 85.2 Å². The molecular weight excluding hydrogens is 252 g/mol. The van der Waals surface area contributed by atoms with Crippen molar-refractivity contribution < 1.29 is 4.79 Å². The van der Waals surface area contributed by atoms with E-state index in [-0.39, 0.29) is 17.9 Å². The van der Waals surface area contributed by atoms with Gasteiger partial charge in [-0.2, -0.15) is 0 Å². The minimum atomic E-state index is -0.271. The number of nitrogen functional groups attached to an aromatic ring is 1. The van der Waals surface area contributed by atoms with Gasteiger partial charge >= 0.3 is 0 Å². The molecule has 0 radical (unpaired) electrons. The maximum Gasteiger partial charge on any atom is 0.222 e. The second kappa shape index (κ2) is 5.02. The highest BCUT2D eigenvalue weighted by molar-refractivity contribution is 6.29. The zero-order valence-corrected chi connectivity index (χ0v) is 11.0. The lowest BCUT2D eigenvalue weighted by molar-refractivity contribution is -0.122. The van der Waals surface area contributed by atoms with E-state index in [4.69, 9.17) is 23.1 Å². The van der Waals surface area contributed by atoms with Crippen LogP contribution in [0.4, 0.5) is 11.5 Å². The summed E-state index contributed by atoms with van der Waals surface area (Å²) in [6, 6.07) is 3.65. The summed E-state index contributed by atoms with van der Waals surface area (Å²) in [4.78, 5) is 17.6. The number of hydrogen-bond donors (Lipinski definition) is 2. The predicted octanol–water partition coefficient (Wildman–Crippen LogP) is 1.41. The van der Waals surface area contributed by atoms with Crippen molar-refractivity contribution in [3.8, 4) is 0 Å². The number of carbonyl (C=O) groups excluding carboxylic acids is 1. The maximum atomic E-state index is 11.3. The lowest BCUT2D eigenvalue weighted by Gasteiger charge is -2.38. The molecule has 1 aliphatic heterocycles. The Morgan fingerprint density at radius 2 is 2.22 bits per heavy atom. The molecule has 2 rings (SSSR count). The first-order chi connectivity index (χ1) is 8.49. The average Bonchev–Trinajstić information content (AvgIpc) is 2.33. The largest absolute Gasteiger partial charge is 0.396 e. The second-order valence-corrected chi connectivity index (χ2v) is 5.11. The van der Waals surface area contributed by atoms with Crippen LogP contribution in [0.2, 0.25) is 5.15 Å². The van der Waals surface area contributed by atoms with Gasteiger partial charge < -0.3 is 16.4 Å². The first-order valence-electron chi connectivity index (χ1n) is 5.97. The third-order valence-electron chi connectivity index (χ3n) is 3.43. The highest BCUT2D eigenvalue weighted by atomic mass is 35.5. The summed E-state index contributed by atoms with van der Waals surface area (Å²) >= 11 is 5.90. The molecule has 1 fully saturated rings. The quantitative estimate of drug-likeness (QED) is 0.794. The van der Waals surface area contributed by atoms with E-state index in [9.17, 15) is 4.79 Å². The standard InChI is InChI=1S/C12H17ClN4O/c1-7-2-3-8(11(15)18)6-17(7)12-9(14)4-5-10(13)16-12/h4-5,7-8H,2-3,6,14H2,1H3,(H2,15,18). The molecule has 0 bridgehead atoms. The van der Waals surface area contributed by atoms with Gasteiger partial charge in [-0.15, -0.1) is 0 Å². The van der Waals surface area contributed by atoms with Crippen LogP contribution in [-0.4, -0.2) is 23.5 Å². The number of pyridine rings is 1. The van der Waals surface area contributed by atoms with E-state index in [2.05, 4.69) is 11.9 Å². The van der Waals surface area contributed by atoms with Crippen molar-refractivity contribution in [1.82, 2.24) is 4.98 Å². The van der Waals surface area contributed by atoms with Gasteiger partial charge in [0.2, 0.25) is 5.91 Å². The van der Waals surface area contributed by atoms with E-state index >= 15 is 0 Å². The zero-order chi connectivity index (χ0) is 13.3. The first kappa shape index (κ1) is 13.0. The Morgan fingerprint density at radius 3 is 2.89 bits per heavy atom. The van der Waals surface area contributed by atoms with E-state index in [1.54, 1.807) is 12.1 Å². The van der Waals surface area contributed by atoms with E-state index < -0.39 is 0 Å². The number of nitrogens with zero attached hydrogens (tertiary/aromatic N) is 2. The fourth-order valence-electron chi connectivity index (χ4n) is 2.30. The van der Waals surface area contributed by atoms with Crippen LogP contribution in [0, 0.1) is 5.92 Å². The van der Waals surface area contributed by atoms with Gasteiger partial charge in [0.05, 0.1) is 11.6 Å². The number of amides is 1. The fraction of sp³-hybridized carbons (Fsp3) is 0.500. The Morgan fingerprint density at radius 1 is 1.50 bits per heavy atom. The minimum Gasteiger partial charge on any atom is -0.396 e. The number of hydrogen-bond acceptors (Lipinski definition) is 4. The molecule has 2 unspecified atom stereocenters. The van der Waals surface area contributed by atoms with Gasteiger partial charge in [-0.3, -0.25) is 4.79 Å². The average molecular weight is 269 g/mol. The van der Waals surface area contributed by atoms with Gasteiger partial charge in [0.15, 0.2) is 5.82 Å². The summed E-state index contributed by atoms with van der Waals surface area (Å²) < 4.78 is 0. The van der Waals surface area contributed by atoms with Crippen molar-refractivity contribution in [3.63, 3.8) is 0 Å². The molecule has 0 aliphatic carbocycles. The molecule has 98 valence electrons. The second-order valence-electron chi connectivity index (χ2n) is 4.72. The molecule has 1 amide bonds. The van der Waals surface area contributed by atoms with E-state index in [1.165, 1.54) is 0 Å². The monoisotopic (exact) mass is 268 g/mol. The van der Waals surface area contributed by atoms with Crippen molar-refractivity contribution in [2.45, 2.75) is 25.8 Å². The molecular formula is C12H17ClN4O. The number of carbonyl (C=O) groups is 1. The summed E-state index contributed by atoms with van der Waals surface area (Å²) in [6.45, 7) is 2.63. The van der Waals surface area contributed by atoms with Crippen LogP contribution >= 0.6 is 11.6 Å². The molecule has 0 spiro atoms. The van der Waals surface area contributed by atoms with Crippen molar-refractivity contribution in [1.29, 1.82) is 0 Å². The van der Waals surface area contributed by atoms with Gasteiger partial charge in [0.1, 0.15) is 5.15 Å². The lowest BCUT2D eigenvalue weighted by Crippen LogP contribution is -2.46. The van der Waals surface area contributed by atoms with Crippen molar-refractivity contribution in [2.24, 2.45) is 11.7 Å². The van der Waals surface area contributed by atoms with Crippen molar-refractivity contribution >= 4 is 29.0 Å². The molecule has 18 heavy (non-hydrogen) atoms. The molecule has 0 aromatic carbocycles. The van der Waals surface area contributed by atoms with Gasteiger partial charge in [-0.25, -0.2) is 4.98 Å². The summed E-state index contributed by atoms with van der Waals surface area (Å²) in [6.07, 6.45) is 1.70. The molecule has 1 aromatic heterocycles. The highest BCUT2D eigenvalue weighted by Gasteiger charge is 2.30.